The SMILES string of the molecule is [2H]/C(=C\[Si](C)(C)C)[Se]c1ccccc1. The van der Waals surface area contributed by atoms with Gasteiger partial charge >= 0.3 is 89.5 Å². The summed E-state index contributed by atoms with van der Waals surface area (Å²) in [7, 11) is -1.21. The summed E-state index contributed by atoms with van der Waals surface area (Å²) < 4.78 is 9.18. The van der Waals surface area contributed by atoms with Gasteiger partial charge in [-0.15, -0.1) is 0 Å². The van der Waals surface area contributed by atoms with E-state index in [1.165, 1.54) is 4.46 Å². The molecule has 0 radical (unpaired) electrons. The van der Waals surface area contributed by atoms with Crippen molar-refractivity contribution in [1.29, 1.82) is 0 Å². The summed E-state index contributed by atoms with van der Waals surface area (Å²) in [5, 5.41) is 0. The van der Waals surface area contributed by atoms with Gasteiger partial charge in [-0.1, -0.05) is 0 Å². The molecule has 13 heavy (non-hydrogen) atoms. The van der Waals surface area contributed by atoms with Crippen LogP contribution in [0.15, 0.2) is 41.0 Å². The Morgan fingerprint density at radius 1 is 1.23 bits per heavy atom. The molecule has 0 nitrogen and oxygen atoms in total. The van der Waals surface area contributed by atoms with Gasteiger partial charge in [0.1, 0.15) is 0 Å². The molecule has 0 aliphatic carbocycles. The quantitative estimate of drug-likeness (QED) is 0.729. The third-order valence-corrected chi connectivity index (χ3v) is 4.45. The van der Waals surface area contributed by atoms with Crippen LogP contribution in [0.4, 0.5) is 0 Å². The zero-order valence-electron chi connectivity index (χ0n) is 9.37. The van der Waals surface area contributed by atoms with Crippen molar-refractivity contribution in [3.05, 3.63) is 41.0 Å². The molecule has 0 spiro atoms. The second-order valence-corrected chi connectivity index (χ2v) is 11.0. The van der Waals surface area contributed by atoms with Crippen LogP contribution < -0.4 is 4.46 Å². The van der Waals surface area contributed by atoms with Crippen LogP contribution in [0.3, 0.4) is 0 Å². The summed E-state index contributed by atoms with van der Waals surface area (Å²) in [6, 6.07) is 10.3. The first-order chi connectivity index (χ1) is 6.47. The maximum atomic E-state index is 7.89. The predicted molar refractivity (Wildman–Crippen MR) is 64.3 cm³/mol. The second-order valence-electron chi connectivity index (χ2n) is 4.04. The number of rotatable bonds is 3. The van der Waals surface area contributed by atoms with Crippen molar-refractivity contribution in [2.24, 2.45) is 0 Å². The van der Waals surface area contributed by atoms with E-state index in [1.807, 2.05) is 18.2 Å². The van der Waals surface area contributed by atoms with Gasteiger partial charge in [-0.25, -0.2) is 0 Å². The van der Waals surface area contributed by atoms with E-state index in [4.69, 9.17) is 1.37 Å². The molecule has 0 fully saturated rings. The minimum atomic E-state index is -1.21. The Hall–Kier alpha value is -0.304. The van der Waals surface area contributed by atoms with Gasteiger partial charge < -0.3 is 0 Å². The molecule has 1 aromatic rings. The molecule has 0 atom stereocenters. The van der Waals surface area contributed by atoms with E-state index >= 15 is 0 Å². The second kappa shape index (κ2) is 4.80. The monoisotopic (exact) mass is 257 g/mol. The molecule has 0 aliphatic heterocycles. The molecule has 2 heteroatoms. The molecular formula is C11H16SeSi. The Morgan fingerprint density at radius 2 is 1.85 bits per heavy atom. The van der Waals surface area contributed by atoms with Crippen LogP contribution in [0, 0.1) is 0 Å². The molecule has 0 aromatic heterocycles. The fraction of sp³-hybridized carbons (Fsp3) is 0.273. The van der Waals surface area contributed by atoms with Crippen LogP contribution in [-0.2, 0) is 0 Å². The molecule has 0 bridgehead atoms. The van der Waals surface area contributed by atoms with Crippen molar-refractivity contribution in [2.75, 3.05) is 0 Å². The van der Waals surface area contributed by atoms with Crippen LogP contribution in [0.1, 0.15) is 1.37 Å². The molecule has 0 heterocycles. The molecule has 0 saturated carbocycles. The van der Waals surface area contributed by atoms with Gasteiger partial charge in [-0.05, 0) is 0 Å². The fourth-order valence-electron chi connectivity index (χ4n) is 0.763. The zero-order chi connectivity index (χ0) is 10.6. The van der Waals surface area contributed by atoms with Gasteiger partial charge in [0.15, 0.2) is 0 Å². The van der Waals surface area contributed by atoms with Crippen molar-refractivity contribution in [3.63, 3.8) is 0 Å². The van der Waals surface area contributed by atoms with Crippen LogP contribution in [-0.4, -0.2) is 23.0 Å². The van der Waals surface area contributed by atoms with Gasteiger partial charge in [0, 0.05) is 0 Å². The summed E-state index contributed by atoms with van der Waals surface area (Å²) in [6.07, 6.45) is 0. The van der Waals surface area contributed by atoms with E-state index in [9.17, 15) is 0 Å². The van der Waals surface area contributed by atoms with E-state index in [-0.39, 0.29) is 15.0 Å². The molecule has 0 amide bonds. The first-order valence-electron chi connectivity index (χ1n) is 4.90. The van der Waals surface area contributed by atoms with Gasteiger partial charge in [0.05, 0.1) is 0 Å². The van der Waals surface area contributed by atoms with Gasteiger partial charge in [0.2, 0.25) is 0 Å². The summed E-state index contributed by atoms with van der Waals surface area (Å²) in [5.74, 6) is 0. The Labute approximate surface area is 89.6 Å². The summed E-state index contributed by atoms with van der Waals surface area (Å²) in [4.78, 5) is 0.822. The van der Waals surface area contributed by atoms with E-state index < -0.39 is 8.07 Å². The molecule has 1 rings (SSSR count). The normalized spacial score (nSPS) is 14.1. The third-order valence-electron chi connectivity index (χ3n) is 1.41. The Bertz CT molecular complexity index is 314. The van der Waals surface area contributed by atoms with Crippen molar-refractivity contribution in [3.8, 4) is 0 Å². The topological polar surface area (TPSA) is 0 Å². The van der Waals surface area contributed by atoms with Crippen molar-refractivity contribution in [2.45, 2.75) is 19.6 Å². The van der Waals surface area contributed by atoms with Gasteiger partial charge in [0.25, 0.3) is 0 Å². The molecule has 0 saturated heterocycles. The van der Waals surface area contributed by atoms with E-state index in [0.29, 0.717) is 0 Å². The Morgan fingerprint density at radius 3 is 2.38 bits per heavy atom. The maximum absolute atomic E-state index is 7.89. The molecule has 0 N–H and O–H groups in total. The number of hydrogen-bond donors (Lipinski definition) is 0. The van der Waals surface area contributed by atoms with Crippen LogP contribution in [0.5, 0.6) is 0 Å². The molecular weight excluding hydrogens is 239 g/mol. The van der Waals surface area contributed by atoms with Crippen LogP contribution >= 0.6 is 0 Å². The van der Waals surface area contributed by atoms with E-state index in [1.54, 1.807) is 0 Å². The first kappa shape index (κ1) is 9.26. The number of benzene rings is 1. The Balaban J connectivity index is 2.67. The minimum absolute atomic E-state index is 0.196. The summed E-state index contributed by atoms with van der Waals surface area (Å²) in [6.45, 7) is 6.80. The molecule has 0 unspecified atom stereocenters. The average Bonchev–Trinajstić information content (AvgIpc) is 2.02. The number of hydrogen-bond acceptors (Lipinski definition) is 0. The van der Waals surface area contributed by atoms with E-state index in [0.717, 1.165) is 4.95 Å². The summed E-state index contributed by atoms with van der Waals surface area (Å²) >= 11 is 0.196. The van der Waals surface area contributed by atoms with Crippen LogP contribution in [0.2, 0.25) is 19.6 Å². The zero-order valence-corrected chi connectivity index (χ0v) is 11.1. The van der Waals surface area contributed by atoms with Crippen LogP contribution in [0.25, 0.3) is 0 Å². The molecule has 70 valence electrons. The standard InChI is InChI=1S/C11H16SeSi/c1-13(2,3)10-9-12-11-7-5-4-6-8-11/h4-10H,1-3H3/b10-9+/i9D. The first-order valence-corrected chi connectivity index (χ1v) is 9.69. The predicted octanol–water partition coefficient (Wildman–Crippen LogP) is 2.41. The third kappa shape index (κ3) is 5.09. The van der Waals surface area contributed by atoms with Gasteiger partial charge in [-0.2, -0.15) is 0 Å². The fourth-order valence-corrected chi connectivity index (χ4v) is 4.67. The van der Waals surface area contributed by atoms with E-state index in [2.05, 4.69) is 37.5 Å². The van der Waals surface area contributed by atoms with Crippen molar-refractivity contribution < 1.29 is 1.37 Å². The summed E-state index contributed by atoms with van der Waals surface area (Å²) in [5.41, 5.74) is 2.18. The molecule has 0 aliphatic rings. The molecule has 1 aromatic carbocycles. The Kier molecular flexibility index (Phi) is 3.42. The van der Waals surface area contributed by atoms with Crippen molar-refractivity contribution in [1.82, 2.24) is 0 Å². The van der Waals surface area contributed by atoms with Crippen molar-refractivity contribution >= 4 is 27.5 Å². The van der Waals surface area contributed by atoms with Gasteiger partial charge in [-0.3, -0.25) is 0 Å². The average molecular weight is 256 g/mol.